The zero-order valence-corrected chi connectivity index (χ0v) is 19.7. The van der Waals surface area contributed by atoms with E-state index in [0.29, 0.717) is 24.7 Å². The van der Waals surface area contributed by atoms with E-state index in [1.165, 1.54) is 22.8 Å². The highest BCUT2D eigenvalue weighted by Crippen LogP contribution is 2.36. The summed E-state index contributed by atoms with van der Waals surface area (Å²) < 4.78 is 22.0. The molecular formula is C26H21ClFN3O5. The van der Waals surface area contributed by atoms with Crippen LogP contribution in [0.4, 0.5) is 10.1 Å². The highest BCUT2D eigenvalue weighted by molar-refractivity contribution is 6.34. The number of carboxylic acid groups (broad SMARTS) is 1. The number of aromatic carboxylic acids is 1. The van der Waals surface area contributed by atoms with Crippen molar-refractivity contribution in [3.63, 3.8) is 0 Å². The van der Waals surface area contributed by atoms with Gasteiger partial charge in [-0.2, -0.15) is 0 Å². The van der Waals surface area contributed by atoms with Crippen molar-refractivity contribution in [2.75, 3.05) is 18.1 Å². The number of aromatic nitrogens is 2. The number of rotatable bonds is 6. The van der Waals surface area contributed by atoms with Crippen molar-refractivity contribution in [1.29, 1.82) is 0 Å². The van der Waals surface area contributed by atoms with Crippen LogP contribution in [0.1, 0.15) is 23.2 Å². The molecule has 2 aromatic carbocycles. The summed E-state index contributed by atoms with van der Waals surface area (Å²) in [6.45, 7) is 1.05. The van der Waals surface area contributed by atoms with Crippen LogP contribution in [-0.2, 0) is 0 Å². The van der Waals surface area contributed by atoms with Crippen molar-refractivity contribution in [2.24, 2.45) is 0 Å². The average Bonchev–Trinajstić information content (AvgIpc) is 3.32. The highest BCUT2D eigenvalue weighted by atomic mass is 35.5. The molecule has 1 saturated heterocycles. The van der Waals surface area contributed by atoms with Gasteiger partial charge in [-0.3, -0.25) is 4.79 Å². The summed E-state index contributed by atoms with van der Waals surface area (Å²) in [7, 11) is 0. The topological polar surface area (TPSA) is 105 Å². The Morgan fingerprint density at radius 3 is 2.75 bits per heavy atom. The molecular weight excluding hydrogens is 489 g/mol. The molecule has 0 bridgehead atoms. The zero-order chi connectivity index (χ0) is 25.4. The van der Waals surface area contributed by atoms with Gasteiger partial charge in [-0.1, -0.05) is 17.7 Å². The van der Waals surface area contributed by atoms with Crippen LogP contribution < -0.4 is 15.1 Å². The summed E-state index contributed by atoms with van der Waals surface area (Å²) in [4.78, 5) is 31.0. The molecule has 8 nitrogen and oxygen atoms in total. The van der Waals surface area contributed by atoms with E-state index in [9.17, 15) is 24.2 Å². The molecule has 1 aliphatic rings. The van der Waals surface area contributed by atoms with Crippen LogP contribution in [0.25, 0.3) is 16.6 Å². The van der Waals surface area contributed by atoms with Crippen LogP contribution in [0.3, 0.4) is 0 Å². The number of benzene rings is 2. The summed E-state index contributed by atoms with van der Waals surface area (Å²) in [6.07, 6.45) is 4.47. The predicted molar refractivity (Wildman–Crippen MR) is 133 cm³/mol. The van der Waals surface area contributed by atoms with Crippen LogP contribution in [0.15, 0.2) is 65.7 Å². The number of ether oxygens (including phenoxy) is 1. The molecule has 2 aromatic heterocycles. The fourth-order valence-corrected chi connectivity index (χ4v) is 4.81. The quantitative estimate of drug-likeness (QED) is 0.390. The molecule has 1 atom stereocenters. The fourth-order valence-electron chi connectivity index (χ4n) is 4.54. The number of fused-ring (bicyclic) bond motifs is 1. The molecule has 0 saturated carbocycles. The van der Waals surface area contributed by atoms with E-state index in [0.717, 1.165) is 25.1 Å². The Balaban J connectivity index is 1.63. The van der Waals surface area contributed by atoms with E-state index < -0.39 is 22.8 Å². The van der Waals surface area contributed by atoms with E-state index in [2.05, 4.69) is 9.88 Å². The molecule has 5 rings (SSSR count). The minimum absolute atomic E-state index is 0.0224. The van der Waals surface area contributed by atoms with Crippen molar-refractivity contribution in [3.05, 3.63) is 87.6 Å². The molecule has 0 amide bonds. The Morgan fingerprint density at radius 1 is 1.19 bits per heavy atom. The van der Waals surface area contributed by atoms with E-state index >= 15 is 0 Å². The predicted octanol–water partition coefficient (Wildman–Crippen LogP) is 4.63. The highest BCUT2D eigenvalue weighted by Gasteiger charge is 2.28. The lowest BCUT2D eigenvalue weighted by Gasteiger charge is -2.28. The minimum Gasteiger partial charge on any atom is -0.508 e. The second-order valence-electron chi connectivity index (χ2n) is 8.47. The van der Waals surface area contributed by atoms with Crippen LogP contribution in [0, 0.1) is 5.82 Å². The van der Waals surface area contributed by atoms with Crippen molar-refractivity contribution < 1.29 is 24.1 Å². The average molecular weight is 510 g/mol. The van der Waals surface area contributed by atoms with Crippen molar-refractivity contribution in [3.8, 4) is 17.3 Å². The summed E-state index contributed by atoms with van der Waals surface area (Å²) >= 11 is 6.62. The summed E-state index contributed by atoms with van der Waals surface area (Å²) in [5.74, 6) is -2.00. The molecule has 4 aromatic rings. The fraction of sp³-hybridized carbons (Fsp3) is 0.192. The first kappa shape index (κ1) is 23.6. The van der Waals surface area contributed by atoms with Gasteiger partial charge < -0.3 is 24.4 Å². The van der Waals surface area contributed by atoms with E-state index in [1.54, 1.807) is 24.4 Å². The van der Waals surface area contributed by atoms with Crippen LogP contribution in [-0.4, -0.2) is 44.9 Å². The number of pyridine rings is 2. The normalized spacial score (nSPS) is 15.4. The second-order valence-corrected chi connectivity index (χ2v) is 8.88. The van der Waals surface area contributed by atoms with Crippen LogP contribution in [0.2, 0.25) is 5.02 Å². The van der Waals surface area contributed by atoms with Gasteiger partial charge in [0.1, 0.15) is 17.9 Å². The van der Waals surface area contributed by atoms with Gasteiger partial charge in [0.2, 0.25) is 11.3 Å². The van der Waals surface area contributed by atoms with Gasteiger partial charge in [0.25, 0.3) is 0 Å². The molecule has 0 aliphatic carbocycles. The Bertz CT molecular complexity index is 1530. The Hall–Kier alpha value is -4.11. The van der Waals surface area contributed by atoms with Gasteiger partial charge in [0.15, 0.2) is 5.82 Å². The third-order valence-electron chi connectivity index (χ3n) is 6.24. The van der Waals surface area contributed by atoms with Gasteiger partial charge in [0.05, 0.1) is 28.0 Å². The Labute approximate surface area is 209 Å². The molecule has 0 unspecified atom stereocenters. The van der Waals surface area contributed by atoms with Gasteiger partial charge in [0, 0.05) is 36.5 Å². The SMILES string of the molecule is O=C(O)c1cn(-c2ccc(O)cc2F)c2cc(N3CCC[C@@H]3COc3ccccn3)c(Cl)cc2c1=O. The van der Waals surface area contributed by atoms with Crippen LogP contribution >= 0.6 is 11.6 Å². The molecule has 0 radical (unpaired) electrons. The maximum absolute atomic E-state index is 14.8. The van der Waals surface area contributed by atoms with Crippen molar-refractivity contribution in [1.82, 2.24) is 9.55 Å². The van der Waals surface area contributed by atoms with Crippen LogP contribution in [0.5, 0.6) is 11.6 Å². The number of carbonyl (C=O) groups is 1. The summed E-state index contributed by atoms with van der Waals surface area (Å²) in [5.41, 5.74) is -0.374. The number of aromatic hydroxyl groups is 1. The lowest BCUT2D eigenvalue weighted by molar-refractivity contribution is 0.0695. The number of hydrogen-bond acceptors (Lipinski definition) is 6. The standard InChI is InChI=1S/C26H21ClFN3O5/c27-19-11-17-22(12-23(19)30-9-3-4-15(30)14-36-24-5-1-2-8-29-24)31(13-18(25(17)33)26(34)35)21-7-6-16(32)10-20(21)28/h1-2,5-8,10-13,15,32H,3-4,9,14H2,(H,34,35)/t15-/m1/s1. The number of phenolic OH excluding ortho intramolecular Hbond substituents is 1. The number of phenols is 1. The monoisotopic (exact) mass is 509 g/mol. The third-order valence-corrected chi connectivity index (χ3v) is 6.54. The maximum Gasteiger partial charge on any atom is 0.341 e. The number of carboxylic acids is 1. The van der Waals surface area contributed by atoms with Crippen molar-refractivity contribution in [2.45, 2.75) is 18.9 Å². The van der Waals surface area contributed by atoms with Gasteiger partial charge >= 0.3 is 5.97 Å². The first-order valence-electron chi connectivity index (χ1n) is 11.2. The molecule has 184 valence electrons. The van der Waals surface area contributed by atoms with E-state index in [-0.39, 0.29) is 33.4 Å². The number of nitrogens with zero attached hydrogens (tertiary/aromatic N) is 3. The number of halogens is 2. The molecule has 1 aliphatic heterocycles. The molecule has 10 heteroatoms. The smallest absolute Gasteiger partial charge is 0.341 e. The molecule has 1 fully saturated rings. The lowest BCUT2D eigenvalue weighted by Crippen LogP contribution is -2.34. The first-order chi connectivity index (χ1) is 17.3. The Kier molecular flexibility index (Phi) is 6.24. The van der Waals surface area contributed by atoms with Gasteiger partial charge in [-0.15, -0.1) is 0 Å². The summed E-state index contributed by atoms with van der Waals surface area (Å²) in [6, 6.07) is 12.0. The van der Waals surface area contributed by atoms with Crippen molar-refractivity contribution >= 4 is 34.2 Å². The van der Waals surface area contributed by atoms with Gasteiger partial charge in [-0.05, 0) is 43.2 Å². The number of anilines is 1. The summed E-state index contributed by atoms with van der Waals surface area (Å²) in [5, 5.41) is 19.5. The molecule has 0 spiro atoms. The van der Waals surface area contributed by atoms with E-state index in [4.69, 9.17) is 16.3 Å². The van der Waals surface area contributed by atoms with E-state index in [1.807, 2.05) is 6.07 Å². The Morgan fingerprint density at radius 2 is 2.03 bits per heavy atom. The minimum atomic E-state index is -1.44. The van der Waals surface area contributed by atoms with Gasteiger partial charge in [-0.25, -0.2) is 14.2 Å². The molecule has 36 heavy (non-hydrogen) atoms. The second kappa shape index (κ2) is 9.50. The molecule has 3 heterocycles. The maximum atomic E-state index is 14.8. The third kappa shape index (κ3) is 4.33. The number of hydrogen-bond donors (Lipinski definition) is 2. The molecule has 2 N–H and O–H groups in total. The largest absolute Gasteiger partial charge is 0.508 e. The zero-order valence-electron chi connectivity index (χ0n) is 18.9. The first-order valence-corrected chi connectivity index (χ1v) is 11.6. The lowest BCUT2D eigenvalue weighted by atomic mass is 10.1.